The van der Waals surface area contributed by atoms with Crippen molar-refractivity contribution in [1.82, 2.24) is 20.0 Å². The molecule has 0 saturated carbocycles. The van der Waals surface area contributed by atoms with Crippen molar-refractivity contribution in [3.05, 3.63) is 16.4 Å². The standard InChI is InChI=1S/C16H27ClN4/c1-4-21-15(16(17)11(2)19-21)10-18-12-8-13-6-5-7-14(9-12)20(13)3/h12-14,18H,4-10H2,1-3H3. The van der Waals surface area contributed by atoms with Crippen LogP contribution in [-0.4, -0.2) is 39.9 Å². The van der Waals surface area contributed by atoms with E-state index in [4.69, 9.17) is 11.6 Å². The second kappa shape index (κ2) is 6.27. The monoisotopic (exact) mass is 310 g/mol. The molecule has 0 spiro atoms. The Morgan fingerprint density at radius 1 is 1.29 bits per heavy atom. The fourth-order valence-electron chi connectivity index (χ4n) is 4.06. The Bertz CT molecular complexity index is 485. The molecule has 1 aromatic rings. The van der Waals surface area contributed by atoms with Gasteiger partial charge in [-0.1, -0.05) is 18.0 Å². The van der Waals surface area contributed by atoms with Crippen molar-refractivity contribution < 1.29 is 0 Å². The predicted molar refractivity (Wildman–Crippen MR) is 86.7 cm³/mol. The molecule has 2 fully saturated rings. The van der Waals surface area contributed by atoms with Crippen molar-refractivity contribution in [2.75, 3.05) is 7.05 Å². The number of aryl methyl sites for hydroxylation is 2. The summed E-state index contributed by atoms with van der Waals surface area (Å²) in [6.45, 7) is 5.81. The van der Waals surface area contributed by atoms with Crippen molar-refractivity contribution in [2.45, 2.75) is 77.2 Å². The van der Waals surface area contributed by atoms with Crippen LogP contribution in [0.2, 0.25) is 5.02 Å². The molecule has 3 rings (SSSR count). The number of aromatic nitrogens is 2. The quantitative estimate of drug-likeness (QED) is 0.928. The molecular weight excluding hydrogens is 284 g/mol. The lowest BCUT2D eigenvalue weighted by molar-refractivity contribution is 0.0481. The van der Waals surface area contributed by atoms with E-state index in [0.29, 0.717) is 6.04 Å². The minimum absolute atomic E-state index is 0.619. The van der Waals surface area contributed by atoms with Crippen molar-refractivity contribution >= 4 is 11.6 Å². The number of rotatable bonds is 4. The molecule has 2 aliphatic rings. The Morgan fingerprint density at radius 2 is 1.95 bits per heavy atom. The average Bonchev–Trinajstić information content (AvgIpc) is 2.72. The number of fused-ring (bicyclic) bond motifs is 2. The van der Waals surface area contributed by atoms with E-state index in [1.165, 1.54) is 32.1 Å². The van der Waals surface area contributed by atoms with Gasteiger partial charge in [0, 0.05) is 31.2 Å². The molecule has 2 saturated heterocycles. The highest BCUT2D eigenvalue weighted by molar-refractivity contribution is 6.31. The zero-order chi connectivity index (χ0) is 15.0. The molecule has 0 radical (unpaired) electrons. The summed E-state index contributed by atoms with van der Waals surface area (Å²) in [5, 5.41) is 9.07. The van der Waals surface area contributed by atoms with Gasteiger partial charge in [-0.15, -0.1) is 0 Å². The topological polar surface area (TPSA) is 33.1 Å². The van der Waals surface area contributed by atoms with Crippen LogP contribution in [0.5, 0.6) is 0 Å². The summed E-state index contributed by atoms with van der Waals surface area (Å²) in [6.07, 6.45) is 6.66. The lowest BCUT2D eigenvalue weighted by atomic mass is 9.82. The lowest BCUT2D eigenvalue weighted by Crippen LogP contribution is -2.54. The van der Waals surface area contributed by atoms with Gasteiger partial charge in [-0.05, 0) is 46.6 Å². The van der Waals surface area contributed by atoms with Crippen LogP contribution in [0.3, 0.4) is 0 Å². The molecular formula is C16H27ClN4. The molecule has 0 amide bonds. The van der Waals surface area contributed by atoms with Crippen LogP contribution in [-0.2, 0) is 13.1 Å². The smallest absolute Gasteiger partial charge is 0.0860 e. The summed E-state index contributed by atoms with van der Waals surface area (Å²) < 4.78 is 2.03. The highest BCUT2D eigenvalue weighted by Gasteiger charge is 2.35. The van der Waals surface area contributed by atoms with Crippen LogP contribution in [0, 0.1) is 6.92 Å². The van der Waals surface area contributed by atoms with E-state index in [1.54, 1.807) is 0 Å². The highest BCUT2D eigenvalue weighted by Crippen LogP contribution is 2.33. The van der Waals surface area contributed by atoms with Gasteiger partial charge >= 0.3 is 0 Å². The molecule has 0 aliphatic carbocycles. The van der Waals surface area contributed by atoms with E-state index < -0.39 is 0 Å². The zero-order valence-electron chi connectivity index (χ0n) is 13.4. The summed E-state index contributed by atoms with van der Waals surface area (Å²) >= 11 is 6.40. The molecule has 0 aromatic carbocycles. The first-order valence-corrected chi connectivity index (χ1v) is 8.65. The van der Waals surface area contributed by atoms with Crippen LogP contribution in [0.25, 0.3) is 0 Å². The number of nitrogens with one attached hydrogen (secondary N) is 1. The Labute approximate surface area is 132 Å². The minimum atomic E-state index is 0.619. The Kier molecular flexibility index (Phi) is 4.57. The lowest BCUT2D eigenvalue weighted by Gasteiger charge is -2.47. The number of nitrogens with zero attached hydrogens (tertiary/aromatic N) is 3. The summed E-state index contributed by atoms with van der Waals surface area (Å²) in [7, 11) is 2.30. The van der Waals surface area contributed by atoms with Crippen LogP contribution >= 0.6 is 11.6 Å². The van der Waals surface area contributed by atoms with E-state index in [0.717, 1.165) is 41.6 Å². The number of piperidine rings is 2. The van der Waals surface area contributed by atoms with Crippen LogP contribution in [0.1, 0.15) is 50.4 Å². The number of halogens is 1. The minimum Gasteiger partial charge on any atom is -0.308 e. The molecule has 1 aromatic heterocycles. The van der Waals surface area contributed by atoms with Gasteiger partial charge in [-0.2, -0.15) is 5.10 Å². The summed E-state index contributed by atoms with van der Waals surface area (Å²) in [6, 6.07) is 2.15. The largest absolute Gasteiger partial charge is 0.308 e. The van der Waals surface area contributed by atoms with Crippen molar-refractivity contribution in [2.24, 2.45) is 0 Å². The molecule has 2 unspecified atom stereocenters. The van der Waals surface area contributed by atoms with Gasteiger partial charge in [-0.3, -0.25) is 4.68 Å². The molecule has 2 atom stereocenters. The third-order valence-electron chi connectivity index (χ3n) is 5.35. The van der Waals surface area contributed by atoms with E-state index in [9.17, 15) is 0 Å². The van der Waals surface area contributed by atoms with Crippen LogP contribution in [0.15, 0.2) is 0 Å². The van der Waals surface area contributed by atoms with E-state index in [1.807, 2.05) is 11.6 Å². The summed E-state index contributed by atoms with van der Waals surface area (Å²) in [5.41, 5.74) is 2.08. The molecule has 2 aliphatic heterocycles. The Balaban J connectivity index is 1.63. The SMILES string of the molecule is CCn1nc(C)c(Cl)c1CNC1CC2CCCC(C1)N2C. The number of hydrogen-bond acceptors (Lipinski definition) is 3. The number of hydrogen-bond donors (Lipinski definition) is 1. The third-order valence-corrected chi connectivity index (χ3v) is 5.84. The maximum Gasteiger partial charge on any atom is 0.0860 e. The van der Waals surface area contributed by atoms with Gasteiger partial charge in [0.05, 0.1) is 16.4 Å². The van der Waals surface area contributed by atoms with Crippen molar-refractivity contribution in [3.8, 4) is 0 Å². The van der Waals surface area contributed by atoms with Gasteiger partial charge < -0.3 is 10.2 Å². The van der Waals surface area contributed by atoms with E-state index in [-0.39, 0.29) is 0 Å². The molecule has 21 heavy (non-hydrogen) atoms. The maximum atomic E-state index is 6.40. The molecule has 3 heterocycles. The van der Waals surface area contributed by atoms with Gasteiger partial charge in [0.15, 0.2) is 0 Å². The summed E-state index contributed by atoms with van der Waals surface area (Å²) in [5.74, 6) is 0. The Hall–Kier alpha value is -0.580. The van der Waals surface area contributed by atoms with Crippen LogP contribution in [0.4, 0.5) is 0 Å². The molecule has 4 nitrogen and oxygen atoms in total. The molecule has 2 bridgehead atoms. The molecule has 1 N–H and O–H groups in total. The second-order valence-electron chi connectivity index (χ2n) is 6.62. The first-order valence-electron chi connectivity index (χ1n) is 8.27. The second-order valence-corrected chi connectivity index (χ2v) is 6.99. The van der Waals surface area contributed by atoms with Gasteiger partial charge in [0.2, 0.25) is 0 Å². The normalized spacial score (nSPS) is 29.8. The molecule has 5 heteroatoms. The average molecular weight is 311 g/mol. The van der Waals surface area contributed by atoms with E-state index in [2.05, 4.69) is 29.3 Å². The first-order chi connectivity index (χ1) is 10.1. The predicted octanol–water partition coefficient (Wildman–Crippen LogP) is 2.97. The zero-order valence-corrected chi connectivity index (χ0v) is 14.2. The van der Waals surface area contributed by atoms with Crippen LogP contribution < -0.4 is 5.32 Å². The highest BCUT2D eigenvalue weighted by atomic mass is 35.5. The summed E-state index contributed by atoms with van der Waals surface area (Å²) in [4.78, 5) is 2.61. The van der Waals surface area contributed by atoms with Gasteiger partial charge in [0.25, 0.3) is 0 Å². The van der Waals surface area contributed by atoms with Gasteiger partial charge in [0.1, 0.15) is 0 Å². The fourth-order valence-corrected chi connectivity index (χ4v) is 4.26. The van der Waals surface area contributed by atoms with E-state index >= 15 is 0 Å². The third kappa shape index (κ3) is 2.99. The molecule has 118 valence electrons. The Morgan fingerprint density at radius 3 is 2.57 bits per heavy atom. The maximum absolute atomic E-state index is 6.40. The van der Waals surface area contributed by atoms with Gasteiger partial charge in [-0.25, -0.2) is 0 Å². The van der Waals surface area contributed by atoms with Crippen molar-refractivity contribution in [3.63, 3.8) is 0 Å². The fraction of sp³-hybridized carbons (Fsp3) is 0.812. The van der Waals surface area contributed by atoms with Crippen molar-refractivity contribution in [1.29, 1.82) is 0 Å². The first kappa shape index (κ1) is 15.3.